The van der Waals surface area contributed by atoms with Gasteiger partial charge in [0.05, 0.1) is 35.9 Å². The van der Waals surface area contributed by atoms with Gasteiger partial charge in [0.2, 0.25) is 0 Å². The predicted octanol–water partition coefficient (Wildman–Crippen LogP) is 12.0. The molecule has 18 rings (SSSR count). The molecule has 3 aromatic rings. The van der Waals surface area contributed by atoms with E-state index in [1.165, 1.54) is 30.4 Å². The highest BCUT2D eigenvalue weighted by Crippen LogP contribution is 2.82. The zero-order valence-electron chi connectivity index (χ0n) is 53.1. The van der Waals surface area contributed by atoms with E-state index in [9.17, 15) is 15.0 Å². The quantitative estimate of drug-likeness (QED) is 0.0600. The molecule has 12 fully saturated rings. The molecular weight excluding hydrogens is 1160 g/mol. The highest BCUT2D eigenvalue weighted by Gasteiger charge is 2.88. The first-order chi connectivity index (χ1) is 43.6. The number of esters is 1. The zero-order chi connectivity index (χ0) is 61.3. The molecule has 3 aliphatic heterocycles. The van der Waals surface area contributed by atoms with Gasteiger partial charge in [-0.1, -0.05) is 113 Å². The SMILES string of the molecule is CN[C@H]1Cc2c(cccc2CO)C#C[C@@]2(CC[C@@H](Cc3ccccc3)C2)C[C@]23CC[C@H]4[C@@](O)([C@@H](O)[C@@H]5C[C@H]6CC[C@@H]7[C@H]8O[C@@H](CSSC[C@H]9CC[C@H](C9)[C@H]6C)C[C@H]6C[C@@H]9C[C@H](c%10ccccc%10)CC[C@H]9[C@]68C[C@@]4(C=O)[C@@]75O)[C@@]2(O)C[C@@H]2C[C@H]1[C@H]1OC(=O)C=C1[C@@H]23. The lowest BCUT2D eigenvalue weighted by Gasteiger charge is -2.76. The van der Waals surface area contributed by atoms with Crippen molar-refractivity contribution in [3.05, 3.63) is 118 Å². The molecule has 10 nitrogen and oxygen atoms in total. The lowest BCUT2D eigenvalue weighted by atomic mass is 9.31. The minimum absolute atomic E-state index is 0.00366. The molecule has 3 heterocycles. The van der Waals surface area contributed by atoms with Crippen LogP contribution < -0.4 is 5.32 Å². The van der Waals surface area contributed by atoms with Gasteiger partial charge < -0.3 is 45.1 Å². The van der Waals surface area contributed by atoms with Gasteiger partial charge in [0, 0.05) is 69.1 Å². The fourth-order valence-electron chi connectivity index (χ4n) is 26.7. The molecule has 3 spiro atoms. The summed E-state index contributed by atoms with van der Waals surface area (Å²) in [6.07, 6.45) is 17.4. The van der Waals surface area contributed by atoms with E-state index in [4.69, 9.17) is 9.47 Å². The number of fused-ring (bicyclic) bond motifs is 10. The number of nitrogens with one attached hydrogen (secondary N) is 1. The van der Waals surface area contributed by atoms with Gasteiger partial charge >= 0.3 is 5.97 Å². The van der Waals surface area contributed by atoms with Crippen molar-refractivity contribution in [2.45, 2.75) is 208 Å². The number of carbonyl (C=O) groups excluding carboxylic acids is 2. The molecule has 15 aliphatic rings. The van der Waals surface area contributed by atoms with Crippen LogP contribution >= 0.6 is 21.6 Å². The van der Waals surface area contributed by atoms with Gasteiger partial charge in [0.25, 0.3) is 0 Å². The van der Waals surface area contributed by atoms with E-state index >= 15 is 20.1 Å². The molecule has 2 saturated heterocycles. The molecule has 6 N–H and O–H groups in total. The van der Waals surface area contributed by atoms with E-state index < -0.39 is 74.3 Å². The van der Waals surface area contributed by atoms with Crippen LogP contribution in [0.25, 0.3) is 0 Å². The van der Waals surface area contributed by atoms with Crippen molar-refractivity contribution in [3.8, 4) is 11.8 Å². The largest absolute Gasteiger partial charge is 0.454 e. The number of carbonyl (C=O) groups is 2. The molecule has 3 aromatic carbocycles. The van der Waals surface area contributed by atoms with Crippen molar-refractivity contribution >= 4 is 33.8 Å². The maximum atomic E-state index is 16.1. The summed E-state index contributed by atoms with van der Waals surface area (Å²) in [6, 6.07) is 27.7. The third-order valence-corrected chi connectivity index (χ3v) is 32.6. The summed E-state index contributed by atoms with van der Waals surface area (Å²) in [6.45, 7) is 2.32. The monoisotopic (exact) mass is 1260 g/mol. The highest BCUT2D eigenvalue weighted by atomic mass is 33.1. The van der Waals surface area contributed by atoms with E-state index in [2.05, 4.69) is 90.8 Å². The topological polar surface area (TPSA) is 166 Å². The molecule has 12 aliphatic carbocycles. The van der Waals surface area contributed by atoms with Gasteiger partial charge in [-0.2, -0.15) is 0 Å². The molecule has 0 amide bonds. The van der Waals surface area contributed by atoms with Crippen molar-refractivity contribution < 1.29 is 44.6 Å². The first kappa shape index (κ1) is 60.2. The molecule has 90 heavy (non-hydrogen) atoms. The van der Waals surface area contributed by atoms with Crippen LogP contribution in [0.4, 0.5) is 0 Å². The molecule has 10 saturated carbocycles. The number of benzene rings is 3. The van der Waals surface area contributed by atoms with Gasteiger partial charge in [-0.15, -0.1) is 0 Å². The molecule has 480 valence electrons. The second kappa shape index (κ2) is 22.0. The molecule has 0 radical (unpaired) electrons. The molecule has 0 aromatic heterocycles. The first-order valence-corrected chi connectivity index (χ1v) is 38.3. The Morgan fingerprint density at radius 3 is 2.36 bits per heavy atom. The van der Waals surface area contributed by atoms with Gasteiger partial charge in [-0.05, 0) is 247 Å². The normalized spacial score (nSPS) is 50.1. The fourth-order valence-corrected chi connectivity index (χ4v) is 29.3. The lowest BCUT2D eigenvalue weighted by molar-refractivity contribution is -0.394. The number of aliphatic hydroxyl groups is 5. The second-order valence-electron chi connectivity index (χ2n) is 33.0. The third-order valence-electron chi connectivity index (χ3n) is 30.0. The molecule has 0 unspecified atom stereocenters. The fraction of sp³-hybridized carbons (Fsp3) is 0.692. The van der Waals surface area contributed by atoms with Crippen LogP contribution in [0, 0.1) is 116 Å². The van der Waals surface area contributed by atoms with Crippen LogP contribution in [0.5, 0.6) is 0 Å². The number of ether oxygens (including phenoxy) is 2. The molecule has 12 heteroatoms. The van der Waals surface area contributed by atoms with E-state index in [1.54, 1.807) is 6.08 Å². The summed E-state index contributed by atoms with van der Waals surface area (Å²) in [5.74, 6) is 9.57. The Kier molecular flexibility index (Phi) is 14.7. The molecule has 10 bridgehead atoms. The highest BCUT2D eigenvalue weighted by molar-refractivity contribution is 8.76. The zero-order valence-corrected chi connectivity index (χ0v) is 54.7. The summed E-state index contributed by atoms with van der Waals surface area (Å²) < 4.78 is 14.5. The molecular formula is C78H97NO9S2. The average Bonchev–Trinajstić information content (AvgIpc) is 1.20. The van der Waals surface area contributed by atoms with Crippen LogP contribution in [0.1, 0.15) is 169 Å². The number of hydrogen-bond acceptors (Lipinski definition) is 12. The number of likely N-dealkylation sites (N-methyl/N-ethyl adjacent to an activating group) is 1. The number of rotatable bonds is 6. The van der Waals surface area contributed by atoms with Crippen LogP contribution in [-0.2, 0) is 38.5 Å². The van der Waals surface area contributed by atoms with Gasteiger partial charge in [0.1, 0.15) is 23.6 Å². The Hall–Kier alpha value is -3.48. The van der Waals surface area contributed by atoms with Crippen LogP contribution in [0.2, 0.25) is 0 Å². The molecule has 27 atom stereocenters. The summed E-state index contributed by atoms with van der Waals surface area (Å²) in [5.41, 5.74) is -3.46. The van der Waals surface area contributed by atoms with Crippen molar-refractivity contribution in [3.63, 3.8) is 0 Å². The predicted molar refractivity (Wildman–Crippen MR) is 350 cm³/mol. The van der Waals surface area contributed by atoms with Crippen molar-refractivity contribution in [2.75, 3.05) is 18.6 Å². The van der Waals surface area contributed by atoms with Gasteiger partial charge in [-0.25, -0.2) is 4.79 Å². The minimum Gasteiger partial charge on any atom is -0.454 e. The Morgan fingerprint density at radius 1 is 0.756 bits per heavy atom. The minimum atomic E-state index is -2.25. The Bertz CT molecular complexity index is 3390. The Labute approximate surface area is 541 Å². The summed E-state index contributed by atoms with van der Waals surface area (Å²) >= 11 is 0. The summed E-state index contributed by atoms with van der Waals surface area (Å²) in [4.78, 5) is 30.5. The number of hydrogen-bond donors (Lipinski definition) is 6. The van der Waals surface area contributed by atoms with E-state index in [-0.39, 0.29) is 72.8 Å². The van der Waals surface area contributed by atoms with E-state index in [0.29, 0.717) is 81.0 Å². The summed E-state index contributed by atoms with van der Waals surface area (Å²) in [7, 11) is 6.00. The van der Waals surface area contributed by atoms with Crippen LogP contribution in [0.3, 0.4) is 0 Å². The Morgan fingerprint density at radius 2 is 1.54 bits per heavy atom. The van der Waals surface area contributed by atoms with E-state index in [0.717, 1.165) is 104 Å². The van der Waals surface area contributed by atoms with Crippen molar-refractivity contribution in [1.82, 2.24) is 5.32 Å². The van der Waals surface area contributed by atoms with Crippen molar-refractivity contribution in [1.29, 1.82) is 0 Å². The van der Waals surface area contributed by atoms with Crippen molar-refractivity contribution in [2.24, 2.45) is 105 Å². The summed E-state index contributed by atoms with van der Waals surface area (Å²) in [5, 5.41) is 76.2. The number of aldehydes is 1. The van der Waals surface area contributed by atoms with Crippen LogP contribution in [0.15, 0.2) is 90.5 Å². The van der Waals surface area contributed by atoms with Gasteiger partial charge in [-0.3, -0.25) is 0 Å². The van der Waals surface area contributed by atoms with Gasteiger partial charge in [0.15, 0.2) is 0 Å². The van der Waals surface area contributed by atoms with Crippen LogP contribution in [-0.4, -0.2) is 104 Å². The lowest BCUT2D eigenvalue weighted by Crippen LogP contribution is -2.87. The maximum absolute atomic E-state index is 16.1. The first-order valence-electron chi connectivity index (χ1n) is 35.8. The third kappa shape index (κ3) is 8.43. The smallest absolute Gasteiger partial charge is 0.331 e. The second-order valence-corrected chi connectivity index (χ2v) is 35.5. The van der Waals surface area contributed by atoms with E-state index in [1.807, 2.05) is 40.8 Å². The average molecular weight is 1260 g/mol. The number of aliphatic hydroxyl groups excluding tert-OH is 2. The standard InChI is InChI=1S/C78H97NO9S2/c1-45-51-17-16-48(29-51)40-89-90-41-58-34-57-31-55-30-53(49-12-7-4-8-13-49)19-20-62(55)75(57)43-74(44-81)66-24-27-73-42-72(25-22-47(37-72)28-46-10-5-3-6-11-46)26-23-50-14-9-15-54(39-80)59(50)35-65(79-2)60-32-56(68(73)61-36-67(82)88-69(60)61)38-76(73,84)78(66,86)70(83)64-33-52(45)18-21-63(71(75)87-58)77(64,74)85/h3-15,36,44-45,47-48,51-53,55-58,60,62-66,68-71,79-80,83-86H,16-22,24-25,27-35,37-43H2,1-2H3/t45-,47+,48+,51-,52-,53-,55+,56+,57-,58-,60-,62-,63-,64+,65+,66-,68-,69-,70+,71-,72-,73+,74+,75+,76-,77-,78-/m1/s1. The Balaban J connectivity index is 0.867. The maximum Gasteiger partial charge on any atom is 0.331 e.